The first-order valence-corrected chi connectivity index (χ1v) is 8.10. The molecule has 8 nitrogen and oxygen atoms in total. The lowest BCUT2D eigenvalue weighted by atomic mass is 10.2. The zero-order valence-corrected chi connectivity index (χ0v) is 14.1. The SMILES string of the molecule is COc1ccc(Nc2nc(C3CCCO3)nc3cn[nH]c23)cc1OC. The summed E-state index contributed by atoms with van der Waals surface area (Å²) < 4.78 is 16.3. The summed E-state index contributed by atoms with van der Waals surface area (Å²) in [6, 6.07) is 5.60. The Kier molecular flexibility index (Phi) is 4.10. The van der Waals surface area contributed by atoms with E-state index in [1.165, 1.54) is 0 Å². The van der Waals surface area contributed by atoms with Crippen LogP contribution in [0.5, 0.6) is 11.5 Å². The van der Waals surface area contributed by atoms with Gasteiger partial charge < -0.3 is 19.5 Å². The summed E-state index contributed by atoms with van der Waals surface area (Å²) in [4.78, 5) is 9.22. The highest BCUT2D eigenvalue weighted by Gasteiger charge is 2.22. The average Bonchev–Trinajstić information content (AvgIpc) is 3.33. The van der Waals surface area contributed by atoms with Gasteiger partial charge in [0.25, 0.3) is 0 Å². The molecule has 0 spiro atoms. The van der Waals surface area contributed by atoms with Crippen molar-refractivity contribution in [2.75, 3.05) is 26.1 Å². The Morgan fingerprint density at radius 2 is 2.08 bits per heavy atom. The Balaban J connectivity index is 1.72. The van der Waals surface area contributed by atoms with Gasteiger partial charge in [-0.15, -0.1) is 0 Å². The van der Waals surface area contributed by atoms with Crippen molar-refractivity contribution in [2.24, 2.45) is 0 Å². The molecule has 1 aliphatic heterocycles. The van der Waals surface area contributed by atoms with Gasteiger partial charge in [-0.25, -0.2) is 9.97 Å². The molecule has 130 valence electrons. The van der Waals surface area contributed by atoms with E-state index < -0.39 is 0 Å². The van der Waals surface area contributed by atoms with E-state index in [2.05, 4.69) is 25.5 Å². The van der Waals surface area contributed by atoms with Gasteiger partial charge in [-0.1, -0.05) is 0 Å². The topological polar surface area (TPSA) is 94.2 Å². The van der Waals surface area contributed by atoms with E-state index in [1.54, 1.807) is 20.4 Å². The molecular formula is C17H19N5O3. The zero-order chi connectivity index (χ0) is 17.2. The number of nitrogens with zero attached hydrogens (tertiary/aromatic N) is 3. The Morgan fingerprint density at radius 3 is 2.84 bits per heavy atom. The van der Waals surface area contributed by atoms with Gasteiger partial charge in [-0.05, 0) is 25.0 Å². The highest BCUT2D eigenvalue weighted by molar-refractivity contribution is 5.87. The lowest BCUT2D eigenvalue weighted by molar-refractivity contribution is 0.105. The number of aromatic nitrogens is 4. The minimum absolute atomic E-state index is 0.0646. The summed E-state index contributed by atoms with van der Waals surface area (Å²) in [6.07, 6.45) is 3.58. The highest BCUT2D eigenvalue weighted by Crippen LogP contribution is 2.33. The van der Waals surface area contributed by atoms with Crippen molar-refractivity contribution >= 4 is 22.5 Å². The molecule has 0 aliphatic carbocycles. The predicted octanol–water partition coefficient (Wildman–Crippen LogP) is 2.97. The van der Waals surface area contributed by atoms with Gasteiger partial charge in [0, 0.05) is 18.4 Å². The number of ether oxygens (including phenoxy) is 3. The number of aromatic amines is 1. The molecule has 1 unspecified atom stereocenters. The zero-order valence-electron chi connectivity index (χ0n) is 14.1. The van der Waals surface area contributed by atoms with E-state index in [9.17, 15) is 0 Å². The van der Waals surface area contributed by atoms with E-state index in [4.69, 9.17) is 14.2 Å². The van der Waals surface area contributed by atoms with Crippen molar-refractivity contribution in [3.63, 3.8) is 0 Å². The molecule has 4 rings (SSSR count). The van der Waals surface area contributed by atoms with Crippen molar-refractivity contribution < 1.29 is 14.2 Å². The first-order chi connectivity index (χ1) is 12.3. The van der Waals surface area contributed by atoms with Crippen LogP contribution in [0, 0.1) is 0 Å². The number of nitrogens with one attached hydrogen (secondary N) is 2. The first-order valence-electron chi connectivity index (χ1n) is 8.10. The number of benzene rings is 1. The molecule has 0 saturated carbocycles. The van der Waals surface area contributed by atoms with Crippen LogP contribution in [0.1, 0.15) is 24.8 Å². The Labute approximate surface area is 144 Å². The molecule has 2 aromatic heterocycles. The fourth-order valence-electron chi connectivity index (χ4n) is 2.92. The molecule has 1 saturated heterocycles. The smallest absolute Gasteiger partial charge is 0.162 e. The van der Waals surface area contributed by atoms with Crippen molar-refractivity contribution in [1.29, 1.82) is 0 Å². The number of fused-ring (bicyclic) bond motifs is 1. The quantitative estimate of drug-likeness (QED) is 0.737. The van der Waals surface area contributed by atoms with Gasteiger partial charge in [-0.3, -0.25) is 5.10 Å². The molecule has 25 heavy (non-hydrogen) atoms. The van der Waals surface area contributed by atoms with Crippen LogP contribution in [-0.2, 0) is 4.74 Å². The second-order valence-corrected chi connectivity index (χ2v) is 5.76. The van der Waals surface area contributed by atoms with Crippen LogP contribution < -0.4 is 14.8 Å². The Hall–Kier alpha value is -2.87. The molecule has 0 bridgehead atoms. The molecule has 3 heterocycles. The molecule has 1 atom stereocenters. The van der Waals surface area contributed by atoms with E-state index in [0.717, 1.165) is 36.2 Å². The summed E-state index contributed by atoms with van der Waals surface area (Å²) in [5, 5.41) is 10.3. The van der Waals surface area contributed by atoms with Crippen molar-refractivity contribution in [3.05, 3.63) is 30.2 Å². The number of hydrogen-bond donors (Lipinski definition) is 2. The van der Waals surface area contributed by atoms with Gasteiger partial charge in [0.05, 0.1) is 20.4 Å². The minimum atomic E-state index is -0.0646. The summed E-state index contributed by atoms with van der Waals surface area (Å²) in [7, 11) is 3.21. The minimum Gasteiger partial charge on any atom is -0.493 e. The third kappa shape index (κ3) is 2.96. The Bertz CT molecular complexity index is 889. The van der Waals surface area contributed by atoms with Crippen LogP contribution in [0.15, 0.2) is 24.4 Å². The largest absolute Gasteiger partial charge is 0.493 e. The fourth-order valence-corrected chi connectivity index (χ4v) is 2.92. The first kappa shape index (κ1) is 15.6. The van der Waals surface area contributed by atoms with Gasteiger partial charge in [0.1, 0.15) is 17.1 Å². The van der Waals surface area contributed by atoms with E-state index in [0.29, 0.717) is 23.1 Å². The van der Waals surface area contributed by atoms with Crippen molar-refractivity contribution in [1.82, 2.24) is 20.2 Å². The second kappa shape index (κ2) is 6.56. The van der Waals surface area contributed by atoms with E-state index >= 15 is 0 Å². The van der Waals surface area contributed by atoms with Crippen LogP contribution in [-0.4, -0.2) is 41.0 Å². The normalized spacial score (nSPS) is 17.0. The standard InChI is InChI=1S/C17H19N5O3/c1-23-12-6-5-10(8-14(12)24-2)19-17-15-11(9-18-22-15)20-16(21-17)13-4-3-7-25-13/h5-6,8-9,13H,3-4,7H2,1-2H3,(H,18,22)(H,19,20,21). The predicted molar refractivity (Wildman–Crippen MR) is 92.4 cm³/mol. The average molecular weight is 341 g/mol. The number of H-pyrrole nitrogens is 1. The van der Waals surface area contributed by atoms with Gasteiger partial charge >= 0.3 is 0 Å². The Morgan fingerprint density at radius 1 is 1.20 bits per heavy atom. The van der Waals surface area contributed by atoms with E-state index in [1.807, 2.05) is 18.2 Å². The van der Waals surface area contributed by atoms with Crippen LogP contribution in [0.2, 0.25) is 0 Å². The number of methoxy groups -OCH3 is 2. The van der Waals surface area contributed by atoms with Crippen molar-refractivity contribution in [3.8, 4) is 11.5 Å². The van der Waals surface area contributed by atoms with Crippen LogP contribution in [0.3, 0.4) is 0 Å². The molecule has 8 heteroatoms. The van der Waals surface area contributed by atoms with Crippen molar-refractivity contribution in [2.45, 2.75) is 18.9 Å². The molecule has 1 aromatic carbocycles. The molecule has 0 amide bonds. The van der Waals surface area contributed by atoms with Crippen LogP contribution in [0.25, 0.3) is 11.0 Å². The summed E-state index contributed by atoms with van der Waals surface area (Å²) in [6.45, 7) is 0.746. The number of rotatable bonds is 5. The fraction of sp³-hybridized carbons (Fsp3) is 0.353. The monoisotopic (exact) mass is 341 g/mol. The van der Waals surface area contributed by atoms with Crippen LogP contribution in [0.4, 0.5) is 11.5 Å². The second-order valence-electron chi connectivity index (χ2n) is 5.76. The third-order valence-corrected chi connectivity index (χ3v) is 4.18. The lowest BCUT2D eigenvalue weighted by Gasteiger charge is -2.13. The van der Waals surface area contributed by atoms with Gasteiger partial charge in [0.15, 0.2) is 23.1 Å². The maximum Gasteiger partial charge on any atom is 0.162 e. The lowest BCUT2D eigenvalue weighted by Crippen LogP contribution is -2.06. The summed E-state index contributed by atoms with van der Waals surface area (Å²) in [5.74, 6) is 2.64. The summed E-state index contributed by atoms with van der Waals surface area (Å²) in [5.41, 5.74) is 2.32. The molecule has 0 radical (unpaired) electrons. The number of hydrogen-bond acceptors (Lipinski definition) is 7. The molecule has 3 aromatic rings. The van der Waals surface area contributed by atoms with E-state index in [-0.39, 0.29) is 6.10 Å². The molecule has 1 fully saturated rings. The molecule has 2 N–H and O–H groups in total. The van der Waals surface area contributed by atoms with Crippen LogP contribution >= 0.6 is 0 Å². The number of anilines is 2. The van der Waals surface area contributed by atoms with Gasteiger partial charge in [0.2, 0.25) is 0 Å². The highest BCUT2D eigenvalue weighted by atomic mass is 16.5. The maximum absolute atomic E-state index is 5.72. The molecular weight excluding hydrogens is 322 g/mol. The molecule has 1 aliphatic rings. The summed E-state index contributed by atoms with van der Waals surface area (Å²) >= 11 is 0. The maximum atomic E-state index is 5.72. The van der Waals surface area contributed by atoms with Gasteiger partial charge in [-0.2, -0.15) is 5.10 Å². The third-order valence-electron chi connectivity index (χ3n) is 4.18.